The van der Waals surface area contributed by atoms with Gasteiger partial charge in [0.25, 0.3) is 0 Å². The molecule has 10 aromatic rings. The summed E-state index contributed by atoms with van der Waals surface area (Å²) in [7, 11) is 0. The summed E-state index contributed by atoms with van der Waals surface area (Å²) in [6, 6.07) is 73.1. The van der Waals surface area contributed by atoms with Crippen molar-refractivity contribution in [3.8, 4) is 44.5 Å². The molecular weight excluding hydrogens is 751 g/mol. The Morgan fingerprint density at radius 1 is 0.355 bits per heavy atom. The van der Waals surface area contributed by atoms with Crippen LogP contribution < -0.4 is 4.90 Å². The number of furan rings is 1. The average Bonchev–Trinajstić information content (AvgIpc) is 3.68. The van der Waals surface area contributed by atoms with Gasteiger partial charge in [0.15, 0.2) is 0 Å². The molecule has 1 aliphatic rings. The van der Waals surface area contributed by atoms with Crippen LogP contribution in [-0.4, -0.2) is 0 Å². The number of hydrogen-bond donors (Lipinski definition) is 0. The third kappa shape index (κ3) is 6.50. The number of rotatable bonds is 7. The number of nitrogens with zero attached hydrogens (tertiary/aromatic N) is 1. The molecule has 0 saturated carbocycles. The van der Waals surface area contributed by atoms with Crippen molar-refractivity contribution < 1.29 is 4.42 Å². The molecule has 11 rings (SSSR count). The first-order chi connectivity index (χ1) is 30.2. The Labute approximate surface area is 364 Å². The van der Waals surface area contributed by atoms with Crippen LogP contribution in [0.5, 0.6) is 0 Å². The zero-order valence-electron chi connectivity index (χ0n) is 35.8. The van der Waals surface area contributed by atoms with E-state index in [2.05, 4.69) is 233 Å². The van der Waals surface area contributed by atoms with Crippen molar-refractivity contribution in [2.75, 3.05) is 4.90 Å². The number of benzene rings is 9. The van der Waals surface area contributed by atoms with Crippen LogP contribution in [0, 0.1) is 0 Å². The minimum absolute atomic E-state index is 0.117. The van der Waals surface area contributed by atoms with Gasteiger partial charge in [-0.2, -0.15) is 0 Å². The Morgan fingerprint density at radius 3 is 1.60 bits per heavy atom. The fraction of sp³-hybridized carbons (Fsp3) is 0.133. The second-order valence-electron chi connectivity index (χ2n) is 18.4. The Kier molecular flexibility index (Phi) is 9.02. The van der Waals surface area contributed by atoms with Gasteiger partial charge in [-0.25, -0.2) is 0 Å². The van der Waals surface area contributed by atoms with Gasteiger partial charge in [-0.05, 0) is 128 Å². The predicted octanol–water partition coefficient (Wildman–Crippen LogP) is 17.2. The van der Waals surface area contributed by atoms with Gasteiger partial charge >= 0.3 is 0 Å². The summed E-state index contributed by atoms with van der Waals surface area (Å²) in [5, 5.41) is 4.73. The molecule has 0 N–H and O–H groups in total. The highest BCUT2D eigenvalue weighted by Gasteiger charge is 2.37. The first-order valence-electron chi connectivity index (χ1n) is 22.0. The smallest absolute Gasteiger partial charge is 0.136 e. The molecule has 0 spiro atoms. The summed E-state index contributed by atoms with van der Waals surface area (Å²) in [6.07, 6.45) is 2.36. The molecule has 0 fully saturated rings. The first kappa shape index (κ1) is 37.8. The summed E-state index contributed by atoms with van der Waals surface area (Å²) in [4.78, 5) is 2.46. The minimum Gasteiger partial charge on any atom is -0.456 e. The fourth-order valence-electron chi connectivity index (χ4n) is 9.97. The molecule has 9 aromatic carbocycles. The highest BCUT2D eigenvalue weighted by molar-refractivity contribution is 6.10. The summed E-state index contributed by atoms with van der Waals surface area (Å²) < 4.78 is 6.77. The van der Waals surface area contributed by atoms with E-state index < -0.39 is 0 Å². The molecule has 0 radical (unpaired) electrons. The predicted molar refractivity (Wildman–Crippen MR) is 263 cm³/mol. The van der Waals surface area contributed by atoms with Gasteiger partial charge in [0, 0.05) is 27.4 Å². The van der Waals surface area contributed by atoms with Crippen molar-refractivity contribution in [3.63, 3.8) is 0 Å². The normalized spacial score (nSPS) is 14.3. The topological polar surface area (TPSA) is 16.4 Å². The molecular formula is C60H49NO. The van der Waals surface area contributed by atoms with E-state index in [1.165, 1.54) is 78.9 Å². The van der Waals surface area contributed by atoms with Crippen molar-refractivity contribution in [1.29, 1.82) is 0 Å². The van der Waals surface area contributed by atoms with Gasteiger partial charge in [-0.1, -0.05) is 179 Å². The van der Waals surface area contributed by atoms with Crippen molar-refractivity contribution in [1.82, 2.24) is 0 Å². The molecule has 2 heteroatoms. The summed E-state index contributed by atoms with van der Waals surface area (Å²) in [6.45, 7) is 9.55. The van der Waals surface area contributed by atoms with Crippen LogP contribution in [-0.2, 0) is 10.8 Å². The van der Waals surface area contributed by atoms with Crippen molar-refractivity contribution in [3.05, 3.63) is 211 Å². The van der Waals surface area contributed by atoms with E-state index in [0.717, 1.165) is 39.4 Å². The number of hydrogen-bond acceptors (Lipinski definition) is 2. The molecule has 1 heterocycles. The van der Waals surface area contributed by atoms with E-state index in [1.807, 2.05) is 0 Å². The van der Waals surface area contributed by atoms with Crippen LogP contribution in [0.4, 0.5) is 17.1 Å². The maximum absolute atomic E-state index is 6.77. The lowest BCUT2D eigenvalue weighted by Crippen LogP contribution is -2.33. The minimum atomic E-state index is 0.117. The lowest BCUT2D eigenvalue weighted by molar-refractivity contribution is 0.332. The maximum Gasteiger partial charge on any atom is 0.136 e. The molecule has 0 saturated heterocycles. The lowest BCUT2D eigenvalue weighted by atomic mass is 9.63. The van der Waals surface area contributed by atoms with Gasteiger partial charge in [0.2, 0.25) is 0 Å². The Bertz CT molecular complexity index is 3270. The Hall–Kier alpha value is -7.16. The van der Waals surface area contributed by atoms with Gasteiger partial charge in [-0.3, -0.25) is 0 Å². The van der Waals surface area contributed by atoms with Crippen LogP contribution in [0.25, 0.3) is 77.2 Å². The van der Waals surface area contributed by atoms with Crippen LogP contribution in [0.1, 0.15) is 51.7 Å². The summed E-state index contributed by atoms with van der Waals surface area (Å²) >= 11 is 0. The second-order valence-corrected chi connectivity index (χ2v) is 18.4. The quantitative estimate of drug-likeness (QED) is 0.160. The highest BCUT2D eigenvalue weighted by Crippen LogP contribution is 2.50. The SMILES string of the molecule is CC1(C)CCC(C)(C)c2cc3c(cc21)oc1cc(-c2cccc4c(N(c5ccc(-c6ccccc6)cc5)c5cc(-c6ccccc6)ccc5-c5ccccc5)cccc24)ccc13. The highest BCUT2D eigenvalue weighted by atomic mass is 16.3. The average molecular weight is 800 g/mol. The Balaban J connectivity index is 1.10. The Morgan fingerprint density at radius 2 is 0.903 bits per heavy atom. The molecule has 1 aromatic heterocycles. The van der Waals surface area contributed by atoms with Crippen LogP contribution in [0.15, 0.2) is 205 Å². The third-order valence-corrected chi connectivity index (χ3v) is 13.6. The van der Waals surface area contributed by atoms with Gasteiger partial charge < -0.3 is 9.32 Å². The van der Waals surface area contributed by atoms with Gasteiger partial charge in [0.05, 0.1) is 11.4 Å². The van der Waals surface area contributed by atoms with Crippen LogP contribution in [0.3, 0.4) is 0 Å². The molecule has 300 valence electrons. The van der Waals surface area contributed by atoms with E-state index in [-0.39, 0.29) is 10.8 Å². The molecule has 0 amide bonds. The van der Waals surface area contributed by atoms with Crippen LogP contribution >= 0.6 is 0 Å². The van der Waals surface area contributed by atoms with Gasteiger partial charge in [-0.15, -0.1) is 0 Å². The summed E-state index contributed by atoms with van der Waals surface area (Å²) in [5.74, 6) is 0. The van der Waals surface area contributed by atoms with E-state index in [1.54, 1.807) is 0 Å². The molecule has 0 atom stereocenters. The number of fused-ring (bicyclic) bond motifs is 5. The zero-order valence-corrected chi connectivity index (χ0v) is 35.8. The third-order valence-electron chi connectivity index (χ3n) is 13.6. The molecule has 1 aliphatic carbocycles. The largest absolute Gasteiger partial charge is 0.456 e. The lowest BCUT2D eigenvalue weighted by Gasteiger charge is -2.41. The molecule has 0 bridgehead atoms. The molecule has 0 aliphatic heterocycles. The van der Waals surface area contributed by atoms with Crippen molar-refractivity contribution in [2.45, 2.75) is 51.4 Å². The van der Waals surface area contributed by atoms with Gasteiger partial charge in [0.1, 0.15) is 11.2 Å². The number of anilines is 3. The van der Waals surface area contributed by atoms with Crippen molar-refractivity contribution in [2.24, 2.45) is 0 Å². The summed E-state index contributed by atoms with van der Waals surface area (Å²) in [5.41, 5.74) is 17.7. The monoisotopic (exact) mass is 799 g/mol. The van der Waals surface area contributed by atoms with E-state index in [9.17, 15) is 0 Å². The van der Waals surface area contributed by atoms with Crippen molar-refractivity contribution >= 4 is 49.8 Å². The van der Waals surface area contributed by atoms with E-state index in [0.29, 0.717) is 0 Å². The zero-order chi connectivity index (χ0) is 42.0. The molecule has 2 nitrogen and oxygen atoms in total. The second kappa shape index (κ2) is 14.8. The molecule has 0 unspecified atom stereocenters. The first-order valence-corrected chi connectivity index (χ1v) is 22.0. The fourth-order valence-corrected chi connectivity index (χ4v) is 9.97. The van der Waals surface area contributed by atoms with Crippen LogP contribution in [0.2, 0.25) is 0 Å². The van der Waals surface area contributed by atoms with E-state index >= 15 is 0 Å². The molecule has 62 heavy (non-hydrogen) atoms. The maximum atomic E-state index is 6.77. The standard InChI is InChI=1S/C60H49NO/c1-59(2)34-35-60(3,4)54-39-58-52(38-53(54)59)51-33-29-45(37-57(51)62-58)47-22-14-24-50-49(47)23-15-25-55(50)61(46-30-26-42(27-31-46)40-16-8-5-9-17-40)56-36-44(41-18-10-6-11-19-41)28-32-48(56)43-20-12-7-13-21-43/h5-33,36-39H,34-35H2,1-4H3. The van der Waals surface area contributed by atoms with E-state index in [4.69, 9.17) is 4.42 Å².